The minimum absolute atomic E-state index is 0.109. The Morgan fingerprint density at radius 2 is 0.849 bits per heavy atom. The van der Waals surface area contributed by atoms with Gasteiger partial charge < -0.3 is 9.47 Å². The largest absolute Gasteiger partial charge is 0.492 e. The SMILES string of the molecule is CCCCOc1cc([S+](c2ccccc2)c2ccc(-c3ccccc3)c(OC(C)CC)c2)ccc1Sc1ccc(-c2ccccc2)cc1.c1ccc([B-](c2ccccc2)(c2ccccc2)c2ccccc2)cc1. The van der Waals surface area contributed by atoms with Gasteiger partial charge in [0.15, 0.2) is 14.7 Å². The fourth-order valence-electron chi connectivity index (χ4n) is 9.58. The zero-order valence-corrected chi connectivity index (χ0v) is 43.7. The minimum atomic E-state index is -1.22. The van der Waals surface area contributed by atoms with Crippen LogP contribution in [0.25, 0.3) is 22.3 Å². The van der Waals surface area contributed by atoms with Crippen molar-refractivity contribution in [3.8, 4) is 33.8 Å². The molecule has 0 bridgehead atoms. The molecule has 0 aliphatic rings. The van der Waals surface area contributed by atoms with Crippen LogP contribution in [-0.4, -0.2) is 18.9 Å². The summed E-state index contributed by atoms with van der Waals surface area (Å²) in [6, 6.07) is 97.8. The maximum atomic E-state index is 6.60. The number of ether oxygens (including phenoxy) is 2. The Morgan fingerprint density at radius 3 is 1.33 bits per heavy atom. The lowest BCUT2D eigenvalue weighted by molar-refractivity contribution is 0.218. The maximum Gasteiger partial charge on any atom is 0.170 e. The molecule has 0 saturated heterocycles. The van der Waals surface area contributed by atoms with Crippen LogP contribution >= 0.6 is 11.8 Å². The first-order valence-electron chi connectivity index (χ1n) is 25.7. The monoisotopic (exact) mass is 986 g/mol. The summed E-state index contributed by atoms with van der Waals surface area (Å²) in [4.78, 5) is 6.01. The molecule has 0 spiro atoms. The Bertz CT molecular complexity index is 3050. The highest BCUT2D eigenvalue weighted by molar-refractivity contribution is 7.99. The molecule has 73 heavy (non-hydrogen) atoms. The maximum absolute atomic E-state index is 6.60. The van der Waals surface area contributed by atoms with Gasteiger partial charge in [0.1, 0.15) is 17.6 Å². The fourth-order valence-corrected chi connectivity index (χ4v) is 12.6. The van der Waals surface area contributed by atoms with E-state index in [4.69, 9.17) is 9.47 Å². The zero-order valence-electron chi connectivity index (χ0n) is 42.1. The third-order valence-electron chi connectivity index (χ3n) is 13.4. The molecule has 10 rings (SSSR count). The molecule has 0 N–H and O–H groups in total. The molecule has 5 heteroatoms. The van der Waals surface area contributed by atoms with E-state index in [1.54, 1.807) is 11.8 Å². The Hall–Kier alpha value is -7.44. The van der Waals surface area contributed by atoms with Crippen LogP contribution in [0.1, 0.15) is 40.0 Å². The first-order chi connectivity index (χ1) is 36.0. The molecular weight excluding hydrogens is 924 g/mol. The topological polar surface area (TPSA) is 18.5 Å². The summed E-state index contributed by atoms with van der Waals surface area (Å²) in [5.41, 5.74) is 10.1. The molecule has 2 nitrogen and oxygen atoms in total. The van der Waals surface area contributed by atoms with Crippen LogP contribution in [0, 0.1) is 0 Å². The number of hydrogen-bond acceptors (Lipinski definition) is 3. The van der Waals surface area contributed by atoms with Gasteiger partial charge in [-0.15, -0.1) is 0 Å². The molecule has 0 amide bonds. The number of unbranched alkanes of at least 4 members (excludes halogenated alkanes) is 1. The van der Waals surface area contributed by atoms with E-state index >= 15 is 0 Å². The lowest BCUT2D eigenvalue weighted by Crippen LogP contribution is -2.74. The summed E-state index contributed by atoms with van der Waals surface area (Å²) in [6.45, 7) is 7.21. The van der Waals surface area contributed by atoms with Crippen molar-refractivity contribution in [1.29, 1.82) is 0 Å². The van der Waals surface area contributed by atoms with Gasteiger partial charge in [0.05, 0.1) is 28.5 Å². The Kier molecular flexibility index (Phi) is 17.5. The van der Waals surface area contributed by atoms with Gasteiger partial charge in [-0.1, -0.05) is 244 Å². The molecule has 10 aromatic rings. The molecule has 2 atom stereocenters. The van der Waals surface area contributed by atoms with Crippen molar-refractivity contribution in [3.05, 3.63) is 273 Å². The van der Waals surface area contributed by atoms with Crippen LogP contribution in [0.15, 0.2) is 297 Å². The van der Waals surface area contributed by atoms with Crippen molar-refractivity contribution in [1.82, 2.24) is 0 Å². The molecule has 0 radical (unpaired) electrons. The normalized spacial score (nSPS) is 11.9. The summed E-state index contributed by atoms with van der Waals surface area (Å²) < 4.78 is 13.1. The average molecular weight is 987 g/mol. The predicted octanol–water partition coefficient (Wildman–Crippen LogP) is 15.7. The minimum Gasteiger partial charge on any atom is -0.492 e. The van der Waals surface area contributed by atoms with E-state index in [0.717, 1.165) is 46.8 Å². The highest BCUT2D eigenvalue weighted by atomic mass is 32.2. The van der Waals surface area contributed by atoms with Gasteiger partial charge in [0, 0.05) is 22.6 Å². The second-order valence-electron chi connectivity index (χ2n) is 18.3. The molecule has 0 aromatic heterocycles. The summed E-state index contributed by atoms with van der Waals surface area (Å²) in [5, 5.41) is 0. The lowest BCUT2D eigenvalue weighted by Gasteiger charge is -2.44. The molecule has 0 aliphatic carbocycles. The second kappa shape index (κ2) is 25.3. The van der Waals surface area contributed by atoms with Crippen molar-refractivity contribution >= 4 is 50.7 Å². The van der Waals surface area contributed by atoms with Crippen LogP contribution in [-0.2, 0) is 10.9 Å². The van der Waals surface area contributed by atoms with E-state index in [-0.39, 0.29) is 17.0 Å². The van der Waals surface area contributed by atoms with Crippen molar-refractivity contribution in [2.75, 3.05) is 6.61 Å². The first kappa shape index (κ1) is 50.5. The van der Waals surface area contributed by atoms with Gasteiger partial charge >= 0.3 is 0 Å². The average Bonchev–Trinajstić information content (AvgIpc) is 3.46. The number of benzene rings is 10. The van der Waals surface area contributed by atoms with Crippen molar-refractivity contribution in [2.45, 2.75) is 70.6 Å². The summed E-state index contributed by atoms with van der Waals surface area (Å²) in [6.07, 6.45) is 1.94. The van der Waals surface area contributed by atoms with E-state index in [9.17, 15) is 0 Å². The van der Waals surface area contributed by atoms with Gasteiger partial charge in [-0.25, -0.2) is 0 Å². The van der Waals surface area contributed by atoms with Crippen LogP contribution in [0.3, 0.4) is 0 Å². The molecule has 2 unspecified atom stereocenters. The molecule has 10 aromatic carbocycles. The third-order valence-corrected chi connectivity index (χ3v) is 16.7. The Morgan fingerprint density at radius 1 is 0.425 bits per heavy atom. The zero-order chi connectivity index (χ0) is 50.1. The van der Waals surface area contributed by atoms with Crippen LogP contribution in [0.4, 0.5) is 0 Å². The van der Waals surface area contributed by atoms with Gasteiger partial charge in [0.25, 0.3) is 0 Å². The summed E-state index contributed by atoms with van der Waals surface area (Å²) >= 11 is 1.76. The third kappa shape index (κ3) is 12.3. The highest BCUT2D eigenvalue weighted by Gasteiger charge is 2.33. The lowest BCUT2D eigenvalue weighted by atomic mass is 9.13. The van der Waals surface area contributed by atoms with E-state index in [2.05, 4.69) is 294 Å². The Labute approximate surface area is 441 Å². The summed E-state index contributed by atoms with van der Waals surface area (Å²) in [7, 11) is -0.372. The van der Waals surface area contributed by atoms with Crippen molar-refractivity contribution in [3.63, 3.8) is 0 Å². The van der Waals surface area contributed by atoms with E-state index in [1.807, 2.05) is 0 Å². The van der Waals surface area contributed by atoms with Gasteiger partial charge in [-0.3, -0.25) is 0 Å². The number of rotatable bonds is 18. The number of hydrogen-bond donors (Lipinski definition) is 0. The smallest absolute Gasteiger partial charge is 0.170 e. The van der Waals surface area contributed by atoms with E-state index in [1.165, 1.54) is 52.6 Å². The van der Waals surface area contributed by atoms with Crippen molar-refractivity contribution in [2.24, 2.45) is 0 Å². The van der Waals surface area contributed by atoms with E-state index < -0.39 is 6.15 Å². The van der Waals surface area contributed by atoms with Crippen LogP contribution < -0.4 is 31.3 Å². The quantitative estimate of drug-likeness (QED) is 0.0485. The molecule has 0 fully saturated rings. The van der Waals surface area contributed by atoms with Gasteiger partial charge in [-0.2, -0.15) is 21.9 Å². The first-order valence-corrected chi connectivity index (χ1v) is 27.7. The standard InChI is InChI=1S/C44H43O2S2.C24H20B/c1-4-6-30-45-43-32-40(27-29-44(43)47-37-24-22-35(23-25-37)34-16-10-7-11-17-34)48(38-20-14-9-15-21-38)39-26-28-41(36-18-12-8-13-19-36)42(31-39)46-33(3)5-2;1-5-13-21(14-6-1)25(22-15-7-2-8-16-22,23-17-9-3-10-18-23)24-19-11-4-12-20-24/h7-29,31-33H,4-6,30H2,1-3H3;1-20H/q+1;-1. The van der Waals surface area contributed by atoms with Gasteiger partial charge in [0.2, 0.25) is 0 Å². The predicted molar refractivity (Wildman–Crippen MR) is 314 cm³/mol. The molecule has 0 aliphatic heterocycles. The highest BCUT2D eigenvalue weighted by Crippen LogP contribution is 2.42. The van der Waals surface area contributed by atoms with E-state index in [0.29, 0.717) is 6.61 Å². The summed E-state index contributed by atoms with van der Waals surface area (Å²) in [5.74, 6) is 1.86. The van der Waals surface area contributed by atoms with Crippen LogP contribution in [0.2, 0.25) is 0 Å². The molecule has 0 saturated carbocycles. The molecule has 362 valence electrons. The van der Waals surface area contributed by atoms with Crippen LogP contribution in [0.5, 0.6) is 11.5 Å². The van der Waals surface area contributed by atoms with Crippen molar-refractivity contribution < 1.29 is 9.47 Å². The Balaban J connectivity index is 0.000000219. The second-order valence-corrected chi connectivity index (χ2v) is 21.4. The van der Waals surface area contributed by atoms with Gasteiger partial charge in [-0.05, 0) is 85.0 Å². The molecule has 0 heterocycles. The molecular formula is C68H63BO2S2. The fraction of sp³-hybridized carbons (Fsp3) is 0.118.